The summed E-state index contributed by atoms with van der Waals surface area (Å²) in [5.74, 6) is 0.307. The fraction of sp³-hybridized carbons (Fsp3) is 0.214. The lowest BCUT2D eigenvalue weighted by Gasteiger charge is -2.12. The molecule has 1 aromatic heterocycles. The van der Waals surface area contributed by atoms with Crippen LogP contribution in [0, 0.1) is 6.92 Å². The Kier molecular flexibility index (Phi) is 4.24. The zero-order chi connectivity index (χ0) is 14.6. The van der Waals surface area contributed by atoms with E-state index in [4.69, 9.17) is 0 Å². The van der Waals surface area contributed by atoms with E-state index in [1.807, 2.05) is 13.8 Å². The zero-order valence-corrected chi connectivity index (χ0v) is 12.2. The average Bonchev–Trinajstić information content (AvgIpc) is 2.42. The molecule has 0 unspecified atom stereocenters. The van der Waals surface area contributed by atoms with Crippen LogP contribution in [0.15, 0.2) is 47.5 Å². The van der Waals surface area contributed by atoms with Crippen molar-refractivity contribution in [1.29, 1.82) is 0 Å². The van der Waals surface area contributed by atoms with Crippen molar-refractivity contribution in [3.8, 4) is 0 Å². The lowest BCUT2D eigenvalue weighted by atomic mass is 10.3. The Labute approximate surface area is 119 Å². The average molecular weight is 291 g/mol. The molecule has 1 heterocycles. The van der Waals surface area contributed by atoms with E-state index < -0.39 is 10.0 Å². The standard InChI is InChI=1S/C14H17N3O2S/c1-3-15-12-6-4-5-7-13(12)20(18,19)17-14-9-8-11(2)10-16-14/h4-10,15H,3H2,1-2H3,(H,16,17). The molecule has 106 valence electrons. The number of aromatic nitrogens is 1. The third-order valence-corrected chi connectivity index (χ3v) is 4.11. The maximum atomic E-state index is 12.4. The van der Waals surface area contributed by atoms with Crippen LogP contribution in [-0.2, 0) is 10.0 Å². The molecule has 20 heavy (non-hydrogen) atoms. The number of anilines is 2. The molecule has 2 N–H and O–H groups in total. The largest absolute Gasteiger partial charge is 0.384 e. The number of para-hydroxylation sites is 1. The van der Waals surface area contributed by atoms with Gasteiger partial charge in [-0.25, -0.2) is 13.4 Å². The van der Waals surface area contributed by atoms with E-state index in [0.717, 1.165) is 5.56 Å². The summed E-state index contributed by atoms with van der Waals surface area (Å²) in [5.41, 5.74) is 1.55. The molecule has 0 radical (unpaired) electrons. The summed E-state index contributed by atoms with van der Waals surface area (Å²) in [5, 5.41) is 3.04. The lowest BCUT2D eigenvalue weighted by Crippen LogP contribution is -2.16. The zero-order valence-electron chi connectivity index (χ0n) is 11.4. The van der Waals surface area contributed by atoms with Gasteiger partial charge >= 0.3 is 0 Å². The summed E-state index contributed by atoms with van der Waals surface area (Å²) < 4.78 is 27.3. The van der Waals surface area contributed by atoms with Crippen molar-refractivity contribution in [2.24, 2.45) is 0 Å². The van der Waals surface area contributed by atoms with Crippen molar-refractivity contribution in [3.63, 3.8) is 0 Å². The van der Waals surface area contributed by atoms with Crippen LogP contribution in [0.3, 0.4) is 0 Å². The minimum absolute atomic E-state index is 0.212. The highest BCUT2D eigenvalue weighted by Gasteiger charge is 2.18. The first-order chi connectivity index (χ1) is 9.53. The molecule has 0 bridgehead atoms. The minimum atomic E-state index is -3.65. The van der Waals surface area contributed by atoms with Crippen molar-refractivity contribution in [3.05, 3.63) is 48.2 Å². The van der Waals surface area contributed by atoms with Gasteiger partial charge in [0, 0.05) is 12.7 Å². The molecular formula is C14H17N3O2S. The molecule has 0 saturated carbocycles. The van der Waals surface area contributed by atoms with Gasteiger partial charge in [-0.15, -0.1) is 0 Å². The molecular weight excluding hydrogens is 274 g/mol. The maximum Gasteiger partial charge on any atom is 0.265 e. The van der Waals surface area contributed by atoms with Gasteiger partial charge in [0.25, 0.3) is 10.0 Å². The van der Waals surface area contributed by atoms with Crippen LogP contribution >= 0.6 is 0 Å². The molecule has 0 atom stereocenters. The number of benzene rings is 1. The number of pyridine rings is 1. The first kappa shape index (κ1) is 14.3. The van der Waals surface area contributed by atoms with Gasteiger partial charge in [-0.1, -0.05) is 18.2 Å². The quantitative estimate of drug-likeness (QED) is 0.888. The van der Waals surface area contributed by atoms with Crippen molar-refractivity contribution in [2.45, 2.75) is 18.7 Å². The number of rotatable bonds is 5. The molecule has 5 nitrogen and oxygen atoms in total. The van der Waals surface area contributed by atoms with Crippen LogP contribution in [0.1, 0.15) is 12.5 Å². The summed E-state index contributed by atoms with van der Waals surface area (Å²) in [7, 11) is -3.65. The van der Waals surface area contributed by atoms with E-state index in [-0.39, 0.29) is 4.90 Å². The van der Waals surface area contributed by atoms with E-state index in [9.17, 15) is 8.42 Å². The van der Waals surface area contributed by atoms with Crippen LogP contribution in [-0.4, -0.2) is 19.9 Å². The fourth-order valence-electron chi connectivity index (χ4n) is 1.76. The fourth-order valence-corrected chi connectivity index (χ4v) is 2.95. The first-order valence-corrected chi connectivity index (χ1v) is 7.79. The Morgan fingerprint density at radius 3 is 2.55 bits per heavy atom. The Hall–Kier alpha value is -2.08. The second kappa shape index (κ2) is 5.92. The molecule has 0 aliphatic heterocycles. The summed E-state index contributed by atoms with van der Waals surface area (Å²) in [6.07, 6.45) is 1.62. The molecule has 2 aromatic rings. The van der Waals surface area contributed by atoms with Gasteiger partial charge in [-0.3, -0.25) is 4.72 Å². The van der Waals surface area contributed by atoms with E-state index >= 15 is 0 Å². The number of hydrogen-bond donors (Lipinski definition) is 2. The molecule has 2 rings (SSSR count). The Balaban J connectivity index is 2.33. The smallest absolute Gasteiger partial charge is 0.265 e. The summed E-state index contributed by atoms with van der Waals surface area (Å²) in [6, 6.07) is 10.2. The van der Waals surface area contributed by atoms with Crippen molar-refractivity contribution in [2.75, 3.05) is 16.6 Å². The highest BCUT2D eigenvalue weighted by atomic mass is 32.2. The summed E-state index contributed by atoms with van der Waals surface area (Å²) >= 11 is 0. The molecule has 1 aromatic carbocycles. The molecule has 0 fully saturated rings. The highest BCUT2D eigenvalue weighted by Crippen LogP contribution is 2.22. The normalized spacial score (nSPS) is 11.1. The molecule has 0 aliphatic rings. The lowest BCUT2D eigenvalue weighted by molar-refractivity contribution is 0.601. The highest BCUT2D eigenvalue weighted by molar-refractivity contribution is 7.92. The number of sulfonamides is 1. The van der Waals surface area contributed by atoms with Crippen LogP contribution in [0.4, 0.5) is 11.5 Å². The third kappa shape index (κ3) is 3.27. The Bertz CT molecular complexity index is 682. The van der Waals surface area contributed by atoms with Gasteiger partial charge in [-0.05, 0) is 37.6 Å². The van der Waals surface area contributed by atoms with Crippen molar-refractivity contribution >= 4 is 21.5 Å². The van der Waals surface area contributed by atoms with Gasteiger partial charge in [0.2, 0.25) is 0 Å². The number of nitrogens with zero attached hydrogens (tertiary/aromatic N) is 1. The molecule has 6 heteroatoms. The SMILES string of the molecule is CCNc1ccccc1S(=O)(=O)Nc1ccc(C)cn1. The van der Waals surface area contributed by atoms with Gasteiger partial charge in [0.1, 0.15) is 10.7 Å². The number of hydrogen-bond acceptors (Lipinski definition) is 4. The van der Waals surface area contributed by atoms with E-state index in [0.29, 0.717) is 18.1 Å². The van der Waals surface area contributed by atoms with Crippen LogP contribution in [0.25, 0.3) is 0 Å². The second-order valence-electron chi connectivity index (χ2n) is 4.35. The van der Waals surface area contributed by atoms with E-state index in [1.165, 1.54) is 0 Å². The topological polar surface area (TPSA) is 71.1 Å². The van der Waals surface area contributed by atoms with Crippen molar-refractivity contribution < 1.29 is 8.42 Å². The van der Waals surface area contributed by atoms with E-state index in [2.05, 4.69) is 15.0 Å². The number of nitrogens with one attached hydrogen (secondary N) is 2. The van der Waals surface area contributed by atoms with Crippen LogP contribution in [0.2, 0.25) is 0 Å². The van der Waals surface area contributed by atoms with E-state index in [1.54, 1.807) is 42.6 Å². The van der Waals surface area contributed by atoms with Gasteiger partial charge in [-0.2, -0.15) is 0 Å². The monoisotopic (exact) mass is 291 g/mol. The maximum absolute atomic E-state index is 12.4. The van der Waals surface area contributed by atoms with Gasteiger partial charge < -0.3 is 5.32 Å². The molecule has 0 aliphatic carbocycles. The molecule has 0 amide bonds. The second-order valence-corrected chi connectivity index (χ2v) is 6.00. The summed E-state index contributed by atoms with van der Waals surface area (Å²) in [4.78, 5) is 4.27. The van der Waals surface area contributed by atoms with Gasteiger partial charge in [0.15, 0.2) is 0 Å². The molecule has 0 spiro atoms. The predicted octanol–water partition coefficient (Wildman–Crippen LogP) is 2.62. The third-order valence-electron chi connectivity index (χ3n) is 2.69. The molecule has 0 saturated heterocycles. The van der Waals surface area contributed by atoms with Gasteiger partial charge in [0.05, 0.1) is 5.69 Å². The number of aryl methyl sites for hydroxylation is 1. The summed E-state index contributed by atoms with van der Waals surface area (Å²) in [6.45, 7) is 4.46. The Morgan fingerprint density at radius 1 is 1.15 bits per heavy atom. The predicted molar refractivity (Wildman–Crippen MR) is 80.4 cm³/mol. The minimum Gasteiger partial charge on any atom is -0.384 e. The first-order valence-electron chi connectivity index (χ1n) is 6.31. The Morgan fingerprint density at radius 2 is 1.90 bits per heavy atom. The van der Waals surface area contributed by atoms with Crippen LogP contribution < -0.4 is 10.0 Å². The van der Waals surface area contributed by atoms with Crippen LogP contribution in [0.5, 0.6) is 0 Å². The van der Waals surface area contributed by atoms with Crippen molar-refractivity contribution in [1.82, 2.24) is 4.98 Å².